The molecule has 0 aliphatic carbocycles. The van der Waals surface area contributed by atoms with Crippen LogP contribution in [-0.2, 0) is 15.7 Å². The third-order valence-electron chi connectivity index (χ3n) is 2.21. The van der Waals surface area contributed by atoms with Gasteiger partial charge in [-0.1, -0.05) is 23.7 Å². The molecule has 1 heterocycles. The Morgan fingerprint density at radius 3 is 2.38 bits per heavy atom. The van der Waals surface area contributed by atoms with Gasteiger partial charge in [-0.15, -0.1) is 0 Å². The molecule has 0 spiro atoms. The van der Waals surface area contributed by atoms with E-state index < -0.39 is 18.0 Å². The van der Waals surface area contributed by atoms with Crippen LogP contribution < -0.4 is 0 Å². The second-order valence-corrected chi connectivity index (χ2v) is 3.66. The highest BCUT2D eigenvalue weighted by Crippen LogP contribution is 2.39. The van der Waals surface area contributed by atoms with Crippen molar-refractivity contribution < 1.29 is 22.6 Å². The lowest BCUT2D eigenvalue weighted by Crippen LogP contribution is -2.09. The Kier molecular flexibility index (Phi) is 3.10. The van der Waals surface area contributed by atoms with Crippen molar-refractivity contribution in [3.8, 4) is 0 Å². The molecule has 0 amide bonds. The van der Waals surface area contributed by atoms with Crippen LogP contribution in [0, 0.1) is 0 Å². The summed E-state index contributed by atoms with van der Waals surface area (Å²) in [5.41, 5.74) is -0.653. The molecule has 0 unspecified atom stereocenters. The zero-order chi connectivity index (χ0) is 11.8. The van der Waals surface area contributed by atoms with Gasteiger partial charge in [-0.25, -0.2) is 0 Å². The summed E-state index contributed by atoms with van der Waals surface area (Å²) in [7, 11) is 0. The van der Waals surface area contributed by atoms with Crippen LogP contribution in [0.1, 0.15) is 17.4 Å². The van der Waals surface area contributed by atoms with Gasteiger partial charge in [0.25, 0.3) is 0 Å². The van der Waals surface area contributed by atoms with Gasteiger partial charge in [0.05, 0.1) is 23.8 Å². The number of hydrogen-bond donors (Lipinski definition) is 0. The van der Waals surface area contributed by atoms with Crippen LogP contribution in [-0.4, -0.2) is 13.2 Å². The molecule has 1 saturated heterocycles. The van der Waals surface area contributed by atoms with Crippen molar-refractivity contribution in [3.63, 3.8) is 0 Å². The first-order valence-electron chi connectivity index (χ1n) is 4.59. The Hall–Kier alpha value is -0.780. The third-order valence-corrected chi connectivity index (χ3v) is 2.63. The Balaban J connectivity index is 2.40. The second kappa shape index (κ2) is 4.24. The average Bonchev–Trinajstić information content (AvgIpc) is 2.69. The van der Waals surface area contributed by atoms with Crippen molar-refractivity contribution in [1.29, 1.82) is 0 Å². The molecule has 0 bridgehead atoms. The SMILES string of the molecule is FC(F)(F)c1cccc(C2OCCO2)c1Cl. The molecule has 0 saturated carbocycles. The minimum atomic E-state index is -4.47. The Morgan fingerprint density at radius 2 is 1.81 bits per heavy atom. The van der Waals surface area contributed by atoms with Gasteiger partial charge in [0, 0.05) is 5.56 Å². The van der Waals surface area contributed by atoms with Crippen LogP contribution >= 0.6 is 11.6 Å². The molecule has 1 aromatic rings. The highest BCUT2D eigenvalue weighted by molar-refractivity contribution is 6.32. The van der Waals surface area contributed by atoms with Crippen LogP contribution in [0.5, 0.6) is 0 Å². The summed E-state index contributed by atoms with van der Waals surface area (Å²) in [6.07, 6.45) is -5.26. The van der Waals surface area contributed by atoms with Crippen LogP contribution in [0.2, 0.25) is 5.02 Å². The predicted octanol–water partition coefficient (Wildman–Crippen LogP) is 3.40. The fourth-order valence-electron chi connectivity index (χ4n) is 1.49. The molecule has 0 N–H and O–H groups in total. The monoisotopic (exact) mass is 252 g/mol. The second-order valence-electron chi connectivity index (χ2n) is 3.28. The van der Waals surface area contributed by atoms with E-state index >= 15 is 0 Å². The van der Waals surface area contributed by atoms with Crippen LogP contribution in [0.4, 0.5) is 13.2 Å². The maximum absolute atomic E-state index is 12.5. The van der Waals surface area contributed by atoms with E-state index in [2.05, 4.69) is 0 Å². The molecule has 1 aliphatic rings. The summed E-state index contributed by atoms with van der Waals surface area (Å²) in [5, 5.41) is -0.359. The fraction of sp³-hybridized carbons (Fsp3) is 0.400. The van der Waals surface area contributed by atoms with Gasteiger partial charge in [0.15, 0.2) is 6.29 Å². The molecular weight excluding hydrogens is 245 g/mol. The molecule has 0 radical (unpaired) electrons. The zero-order valence-electron chi connectivity index (χ0n) is 8.05. The molecular formula is C10H8ClF3O2. The summed E-state index contributed by atoms with van der Waals surface area (Å²) in [6.45, 7) is 0.717. The maximum atomic E-state index is 12.5. The number of rotatable bonds is 1. The summed E-state index contributed by atoms with van der Waals surface area (Å²) >= 11 is 5.69. The topological polar surface area (TPSA) is 18.5 Å². The minimum Gasteiger partial charge on any atom is -0.346 e. The molecule has 0 aromatic heterocycles. The maximum Gasteiger partial charge on any atom is 0.417 e. The molecule has 1 fully saturated rings. The van der Waals surface area contributed by atoms with E-state index in [9.17, 15) is 13.2 Å². The molecule has 1 aromatic carbocycles. The van der Waals surface area contributed by atoms with Crippen molar-refractivity contribution in [2.24, 2.45) is 0 Å². The van der Waals surface area contributed by atoms with Crippen molar-refractivity contribution in [2.75, 3.05) is 13.2 Å². The standard InChI is InChI=1S/C10H8ClF3O2/c11-8-6(9-15-4-5-16-9)2-1-3-7(8)10(12,13)14/h1-3,9H,4-5H2. The first kappa shape index (κ1) is 11.7. The number of alkyl halides is 3. The minimum absolute atomic E-state index is 0.217. The first-order chi connectivity index (χ1) is 7.50. The Labute approximate surface area is 94.9 Å². The largest absolute Gasteiger partial charge is 0.417 e. The van der Waals surface area contributed by atoms with Crippen molar-refractivity contribution in [2.45, 2.75) is 12.5 Å². The van der Waals surface area contributed by atoms with Gasteiger partial charge in [-0.3, -0.25) is 0 Å². The summed E-state index contributed by atoms with van der Waals surface area (Å²) in [4.78, 5) is 0. The smallest absolute Gasteiger partial charge is 0.346 e. The number of benzene rings is 1. The van der Waals surface area contributed by atoms with Gasteiger partial charge >= 0.3 is 6.18 Å². The molecule has 2 nitrogen and oxygen atoms in total. The van der Waals surface area contributed by atoms with E-state index in [4.69, 9.17) is 21.1 Å². The predicted molar refractivity (Wildman–Crippen MR) is 51.1 cm³/mol. The number of ether oxygens (including phenoxy) is 2. The van der Waals surface area contributed by atoms with Crippen molar-refractivity contribution >= 4 is 11.6 Å². The lowest BCUT2D eigenvalue weighted by atomic mass is 10.1. The zero-order valence-corrected chi connectivity index (χ0v) is 8.81. The fourth-order valence-corrected chi connectivity index (χ4v) is 1.81. The van der Waals surface area contributed by atoms with Crippen LogP contribution in [0.15, 0.2) is 18.2 Å². The molecule has 16 heavy (non-hydrogen) atoms. The highest BCUT2D eigenvalue weighted by Gasteiger charge is 2.35. The average molecular weight is 253 g/mol. The van der Waals surface area contributed by atoms with Gasteiger partial charge < -0.3 is 9.47 Å². The van der Waals surface area contributed by atoms with Crippen LogP contribution in [0.25, 0.3) is 0 Å². The van der Waals surface area contributed by atoms with Gasteiger partial charge in [-0.05, 0) is 6.07 Å². The molecule has 6 heteroatoms. The first-order valence-corrected chi connectivity index (χ1v) is 4.97. The van der Waals surface area contributed by atoms with E-state index in [1.165, 1.54) is 12.1 Å². The normalized spacial score (nSPS) is 18.0. The summed E-state index contributed by atoms with van der Waals surface area (Å²) in [6, 6.07) is 3.68. The van der Waals surface area contributed by atoms with Gasteiger partial charge in [0.1, 0.15) is 0 Å². The lowest BCUT2D eigenvalue weighted by molar-refractivity contribution is -0.137. The quantitative estimate of drug-likeness (QED) is 0.763. The van der Waals surface area contributed by atoms with E-state index in [0.29, 0.717) is 13.2 Å². The van der Waals surface area contributed by atoms with E-state index in [1.54, 1.807) is 0 Å². The molecule has 88 valence electrons. The summed E-state index contributed by atoms with van der Waals surface area (Å²) in [5.74, 6) is 0. The highest BCUT2D eigenvalue weighted by atomic mass is 35.5. The Morgan fingerprint density at radius 1 is 1.19 bits per heavy atom. The Bertz CT molecular complexity index is 386. The lowest BCUT2D eigenvalue weighted by Gasteiger charge is -2.15. The van der Waals surface area contributed by atoms with Crippen molar-refractivity contribution in [1.82, 2.24) is 0 Å². The van der Waals surface area contributed by atoms with E-state index in [0.717, 1.165) is 6.07 Å². The number of halogens is 4. The molecule has 2 rings (SSSR count). The van der Waals surface area contributed by atoms with Gasteiger partial charge in [-0.2, -0.15) is 13.2 Å². The van der Waals surface area contributed by atoms with E-state index in [-0.39, 0.29) is 10.6 Å². The third kappa shape index (κ3) is 2.16. The number of hydrogen-bond acceptors (Lipinski definition) is 2. The van der Waals surface area contributed by atoms with Gasteiger partial charge in [0.2, 0.25) is 0 Å². The van der Waals surface area contributed by atoms with Crippen LogP contribution in [0.3, 0.4) is 0 Å². The molecule has 0 atom stereocenters. The summed E-state index contributed by atoms with van der Waals surface area (Å²) < 4.78 is 47.9. The van der Waals surface area contributed by atoms with Crippen molar-refractivity contribution in [3.05, 3.63) is 34.3 Å². The van der Waals surface area contributed by atoms with E-state index in [1.807, 2.05) is 0 Å². The molecule has 1 aliphatic heterocycles.